The summed E-state index contributed by atoms with van der Waals surface area (Å²) >= 11 is 0. The number of hydrogen-bond donors (Lipinski definition) is 1. The molecule has 0 unspecified atom stereocenters. The Morgan fingerprint density at radius 3 is 2.76 bits per heavy atom. The predicted octanol–water partition coefficient (Wildman–Crippen LogP) is 1.05. The Bertz CT molecular complexity index is 345. The van der Waals surface area contributed by atoms with Gasteiger partial charge in [-0.2, -0.15) is 0 Å². The van der Waals surface area contributed by atoms with Crippen molar-refractivity contribution in [3.8, 4) is 0 Å². The standard InChI is InChI=1S/C13H22N4/c1-12-3-4-14-13(11-12)15-5-6-17-9-7-16(2)8-10-17/h3-4,11H,5-10H2,1-2H3,(H,14,15). The van der Waals surface area contributed by atoms with Gasteiger partial charge < -0.3 is 10.2 Å². The molecular formula is C13H22N4. The summed E-state index contributed by atoms with van der Waals surface area (Å²) in [4.78, 5) is 9.18. The lowest BCUT2D eigenvalue weighted by Gasteiger charge is -2.32. The van der Waals surface area contributed by atoms with E-state index in [0.717, 1.165) is 18.9 Å². The second-order valence-electron chi connectivity index (χ2n) is 4.79. The van der Waals surface area contributed by atoms with Gasteiger partial charge >= 0.3 is 0 Å². The predicted molar refractivity (Wildman–Crippen MR) is 71.4 cm³/mol. The van der Waals surface area contributed by atoms with Gasteiger partial charge in [-0.3, -0.25) is 4.90 Å². The molecule has 17 heavy (non-hydrogen) atoms. The Morgan fingerprint density at radius 1 is 1.29 bits per heavy atom. The van der Waals surface area contributed by atoms with E-state index in [-0.39, 0.29) is 0 Å². The summed E-state index contributed by atoms with van der Waals surface area (Å²) in [5.41, 5.74) is 1.25. The Balaban J connectivity index is 1.69. The zero-order valence-corrected chi connectivity index (χ0v) is 10.8. The molecule has 1 aromatic heterocycles. The van der Waals surface area contributed by atoms with E-state index in [9.17, 15) is 0 Å². The van der Waals surface area contributed by atoms with Crippen molar-refractivity contribution in [3.63, 3.8) is 0 Å². The molecule has 94 valence electrons. The second kappa shape index (κ2) is 5.98. The first kappa shape index (κ1) is 12.3. The quantitative estimate of drug-likeness (QED) is 0.844. The fourth-order valence-corrected chi connectivity index (χ4v) is 2.05. The lowest BCUT2D eigenvalue weighted by molar-refractivity contribution is 0.158. The molecule has 0 spiro atoms. The van der Waals surface area contributed by atoms with E-state index >= 15 is 0 Å². The lowest BCUT2D eigenvalue weighted by atomic mass is 10.3. The minimum absolute atomic E-state index is 0.972. The molecule has 0 aromatic carbocycles. The molecule has 4 nitrogen and oxygen atoms in total. The van der Waals surface area contributed by atoms with Crippen LogP contribution in [-0.4, -0.2) is 61.1 Å². The Hall–Kier alpha value is -1.13. The van der Waals surface area contributed by atoms with Gasteiger partial charge in [0, 0.05) is 45.5 Å². The van der Waals surface area contributed by atoms with Gasteiger partial charge in [0.2, 0.25) is 0 Å². The summed E-state index contributed by atoms with van der Waals surface area (Å²) in [5.74, 6) is 0.985. The summed E-state index contributed by atoms with van der Waals surface area (Å²) in [6.07, 6.45) is 1.85. The average Bonchev–Trinajstić information content (AvgIpc) is 2.32. The van der Waals surface area contributed by atoms with Crippen molar-refractivity contribution in [2.45, 2.75) is 6.92 Å². The number of hydrogen-bond acceptors (Lipinski definition) is 4. The fourth-order valence-electron chi connectivity index (χ4n) is 2.05. The maximum atomic E-state index is 4.30. The van der Waals surface area contributed by atoms with Crippen molar-refractivity contribution >= 4 is 5.82 Å². The SMILES string of the molecule is Cc1ccnc(NCCN2CCN(C)CC2)c1. The topological polar surface area (TPSA) is 31.4 Å². The highest BCUT2D eigenvalue weighted by molar-refractivity contribution is 5.36. The van der Waals surface area contributed by atoms with Crippen molar-refractivity contribution in [2.24, 2.45) is 0 Å². The van der Waals surface area contributed by atoms with Crippen LogP contribution in [-0.2, 0) is 0 Å². The number of nitrogens with zero attached hydrogens (tertiary/aromatic N) is 3. The maximum absolute atomic E-state index is 4.30. The Labute approximate surface area is 104 Å². The van der Waals surface area contributed by atoms with Crippen molar-refractivity contribution in [3.05, 3.63) is 23.9 Å². The molecule has 2 rings (SSSR count). The van der Waals surface area contributed by atoms with E-state index in [2.05, 4.69) is 40.1 Å². The van der Waals surface area contributed by atoms with Gasteiger partial charge in [0.05, 0.1) is 0 Å². The summed E-state index contributed by atoms with van der Waals surface area (Å²) in [7, 11) is 2.19. The molecule has 0 radical (unpaired) electrons. The number of rotatable bonds is 4. The van der Waals surface area contributed by atoms with E-state index in [1.807, 2.05) is 12.3 Å². The van der Waals surface area contributed by atoms with E-state index < -0.39 is 0 Å². The number of aromatic nitrogens is 1. The van der Waals surface area contributed by atoms with E-state index in [0.29, 0.717) is 0 Å². The smallest absolute Gasteiger partial charge is 0.126 e. The zero-order valence-electron chi connectivity index (χ0n) is 10.8. The molecule has 0 saturated carbocycles. The van der Waals surface area contributed by atoms with Crippen LogP contribution in [0.25, 0.3) is 0 Å². The lowest BCUT2D eigenvalue weighted by Crippen LogP contribution is -2.45. The van der Waals surface area contributed by atoms with Gasteiger partial charge in [-0.1, -0.05) is 0 Å². The van der Waals surface area contributed by atoms with Crippen LogP contribution in [0.4, 0.5) is 5.82 Å². The van der Waals surface area contributed by atoms with Crippen LogP contribution < -0.4 is 5.32 Å². The molecule has 1 saturated heterocycles. The largest absolute Gasteiger partial charge is 0.369 e. The number of piperazine rings is 1. The summed E-state index contributed by atoms with van der Waals surface area (Å²) < 4.78 is 0. The molecule has 0 aliphatic carbocycles. The fraction of sp³-hybridized carbons (Fsp3) is 0.615. The van der Waals surface area contributed by atoms with Crippen LogP contribution in [0.3, 0.4) is 0 Å². The summed E-state index contributed by atoms with van der Waals surface area (Å²) in [6.45, 7) is 8.89. The molecule has 1 aromatic rings. The van der Waals surface area contributed by atoms with Crippen molar-refractivity contribution < 1.29 is 0 Å². The van der Waals surface area contributed by atoms with Crippen LogP contribution in [0.1, 0.15) is 5.56 Å². The molecular weight excluding hydrogens is 212 g/mol. The molecule has 1 N–H and O–H groups in total. The Morgan fingerprint density at radius 2 is 2.06 bits per heavy atom. The second-order valence-corrected chi connectivity index (χ2v) is 4.79. The van der Waals surface area contributed by atoms with E-state index in [1.54, 1.807) is 0 Å². The molecule has 1 aliphatic heterocycles. The monoisotopic (exact) mass is 234 g/mol. The first-order valence-corrected chi connectivity index (χ1v) is 6.31. The molecule has 4 heteroatoms. The van der Waals surface area contributed by atoms with E-state index in [4.69, 9.17) is 0 Å². The highest BCUT2D eigenvalue weighted by Gasteiger charge is 2.12. The van der Waals surface area contributed by atoms with Crippen LogP contribution in [0, 0.1) is 6.92 Å². The third kappa shape index (κ3) is 3.98. The average molecular weight is 234 g/mol. The highest BCUT2D eigenvalue weighted by Crippen LogP contribution is 2.05. The van der Waals surface area contributed by atoms with Crippen LogP contribution in [0.2, 0.25) is 0 Å². The van der Waals surface area contributed by atoms with Crippen LogP contribution in [0.15, 0.2) is 18.3 Å². The van der Waals surface area contributed by atoms with Gasteiger partial charge in [-0.05, 0) is 31.7 Å². The molecule has 1 fully saturated rings. The third-order valence-electron chi connectivity index (χ3n) is 3.25. The molecule has 2 heterocycles. The summed E-state index contributed by atoms with van der Waals surface area (Å²) in [5, 5.41) is 3.38. The molecule has 1 aliphatic rings. The van der Waals surface area contributed by atoms with E-state index in [1.165, 1.54) is 31.7 Å². The van der Waals surface area contributed by atoms with Gasteiger partial charge in [-0.25, -0.2) is 4.98 Å². The minimum Gasteiger partial charge on any atom is -0.369 e. The van der Waals surface area contributed by atoms with Crippen molar-refractivity contribution in [2.75, 3.05) is 51.6 Å². The number of anilines is 1. The first-order chi connectivity index (χ1) is 8.24. The number of aryl methyl sites for hydroxylation is 1. The number of nitrogens with one attached hydrogen (secondary N) is 1. The van der Waals surface area contributed by atoms with Crippen molar-refractivity contribution in [1.82, 2.24) is 14.8 Å². The molecule has 0 amide bonds. The first-order valence-electron chi connectivity index (χ1n) is 6.31. The molecule has 0 bridgehead atoms. The normalized spacial score (nSPS) is 18.2. The zero-order chi connectivity index (χ0) is 12.1. The number of likely N-dealkylation sites (N-methyl/N-ethyl adjacent to an activating group) is 1. The summed E-state index contributed by atoms with van der Waals surface area (Å²) in [6, 6.07) is 4.11. The van der Waals surface area contributed by atoms with Gasteiger partial charge in [0.15, 0.2) is 0 Å². The van der Waals surface area contributed by atoms with Gasteiger partial charge in [-0.15, -0.1) is 0 Å². The van der Waals surface area contributed by atoms with Gasteiger partial charge in [0.1, 0.15) is 5.82 Å². The highest BCUT2D eigenvalue weighted by atomic mass is 15.2. The minimum atomic E-state index is 0.972. The maximum Gasteiger partial charge on any atom is 0.126 e. The van der Waals surface area contributed by atoms with Crippen LogP contribution >= 0.6 is 0 Å². The Kier molecular flexibility index (Phi) is 4.34. The van der Waals surface area contributed by atoms with Crippen molar-refractivity contribution in [1.29, 1.82) is 0 Å². The van der Waals surface area contributed by atoms with Gasteiger partial charge in [0.25, 0.3) is 0 Å². The third-order valence-corrected chi connectivity index (χ3v) is 3.25. The molecule has 0 atom stereocenters. The number of pyridine rings is 1. The van der Waals surface area contributed by atoms with Crippen LogP contribution in [0.5, 0.6) is 0 Å².